The molecule has 1 aliphatic heterocycles. The zero-order valence-electron chi connectivity index (χ0n) is 21.9. The smallest absolute Gasteiger partial charge is 0.417 e. The fraction of sp³-hybridized carbons (Fsp3) is 0.321. The van der Waals surface area contributed by atoms with Crippen LogP contribution >= 0.6 is 11.6 Å². The van der Waals surface area contributed by atoms with E-state index in [2.05, 4.69) is 32.5 Å². The first-order valence-corrected chi connectivity index (χ1v) is 13.2. The van der Waals surface area contributed by atoms with Crippen LogP contribution in [0.1, 0.15) is 35.3 Å². The van der Waals surface area contributed by atoms with Gasteiger partial charge in [-0.15, -0.1) is 0 Å². The summed E-state index contributed by atoms with van der Waals surface area (Å²) < 4.78 is 47.5. The number of amides is 1. The van der Waals surface area contributed by atoms with Crippen molar-refractivity contribution in [2.45, 2.75) is 31.5 Å². The topological polar surface area (TPSA) is 84.3 Å². The summed E-state index contributed by atoms with van der Waals surface area (Å²) in [6.45, 7) is 1.66. The average molecular weight is 573 g/mol. The fourth-order valence-electron chi connectivity index (χ4n) is 4.83. The van der Waals surface area contributed by atoms with Crippen LogP contribution in [0.4, 0.5) is 24.8 Å². The molecule has 2 aromatic carbocycles. The number of likely N-dealkylation sites (tertiary alicyclic amines) is 1. The Balaban J connectivity index is 1.27. The predicted molar refractivity (Wildman–Crippen MR) is 147 cm³/mol. The molecule has 2 N–H and O–H groups in total. The summed E-state index contributed by atoms with van der Waals surface area (Å²) in [5.41, 5.74) is 0.827. The molecule has 0 aliphatic carbocycles. The van der Waals surface area contributed by atoms with E-state index in [9.17, 15) is 18.0 Å². The van der Waals surface area contributed by atoms with E-state index in [-0.39, 0.29) is 22.3 Å². The largest absolute Gasteiger partial charge is 0.457 e. The molecule has 1 atom stereocenters. The monoisotopic (exact) mass is 572 g/mol. The van der Waals surface area contributed by atoms with Gasteiger partial charge in [0.1, 0.15) is 17.2 Å². The van der Waals surface area contributed by atoms with Gasteiger partial charge in [0, 0.05) is 43.7 Å². The molecule has 0 spiro atoms. The number of carbonyl (C=O) groups excluding carboxylic acids is 1. The molecule has 1 saturated heterocycles. The lowest BCUT2D eigenvalue weighted by Gasteiger charge is -2.19. The van der Waals surface area contributed by atoms with E-state index in [1.165, 1.54) is 24.8 Å². The summed E-state index contributed by atoms with van der Waals surface area (Å²) >= 11 is 5.73. The molecule has 210 valence electrons. The normalized spacial score (nSPS) is 15.9. The van der Waals surface area contributed by atoms with Crippen molar-refractivity contribution in [1.29, 1.82) is 0 Å². The van der Waals surface area contributed by atoms with E-state index in [0.29, 0.717) is 35.6 Å². The maximum absolute atomic E-state index is 13.3. The number of aryl methyl sites for hydroxylation is 1. The van der Waals surface area contributed by atoms with Gasteiger partial charge in [-0.1, -0.05) is 11.6 Å². The third kappa shape index (κ3) is 6.15. The van der Waals surface area contributed by atoms with Crippen LogP contribution in [0, 0.1) is 0 Å². The molecule has 5 rings (SSSR count). The highest BCUT2D eigenvalue weighted by molar-refractivity contribution is 6.31. The summed E-state index contributed by atoms with van der Waals surface area (Å²) in [4.78, 5) is 23.6. The molecule has 1 unspecified atom stereocenters. The summed E-state index contributed by atoms with van der Waals surface area (Å²) in [5.74, 6) is 0.988. The second kappa shape index (κ2) is 11.3. The van der Waals surface area contributed by atoms with Crippen LogP contribution in [0.15, 0.2) is 54.7 Å². The highest BCUT2D eigenvalue weighted by Crippen LogP contribution is 2.37. The molecule has 0 bridgehead atoms. The van der Waals surface area contributed by atoms with Gasteiger partial charge in [-0.3, -0.25) is 9.78 Å². The summed E-state index contributed by atoms with van der Waals surface area (Å²) in [5, 5.41) is 5.48. The minimum Gasteiger partial charge on any atom is -0.457 e. The van der Waals surface area contributed by atoms with Gasteiger partial charge in [-0.2, -0.15) is 13.2 Å². The number of carbonyl (C=O) groups is 1. The zero-order chi connectivity index (χ0) is 28.4. The molecule has 2 aromatic heterocycles. The molecular formula is C28H28ClF3N6O2. The Bertz CT molecular complexity index is 1540. The van der Waals surface area contributed by atoms with Crippen LogP contribution in [-0.2, 0) is 13.2 Å². The van der Waals surface area contributed by atoms with E-state index in [1.54, 1.807) is 41.9 Å². The first-order valence-electron chi connectivity index (χ1n) is 12.8. The summed E-state index contributed by atoms with van der Waals surface area (Å²) in [7, 11) is 3.85. The van der Waals surface area contributed by atoms with Crippen molar-refractivity contribution >= 4 is 40.2 Å². The van der Waals surface area contributed by atoms with Crippen LogP contribution in [0.3, 0.4) is 0 Å². The third-order valence-electron chi connectivity index (χ3n) is 7.01. The maximum Gasteiger partial charge on any atom is 0.417 e. The van der Waals surface area contributed by atoms with Crippen molar-refractivity contribution in [3.63, 3.8) is 0 Å². The number of halogens is 4. The lowest BCUT2D eigenvalue weighted by atomic mass is 10.1. The molecule has 0 saturated carbocycles. The lowest BCUT2D eigenvalue weighted by molar-refractivity contribution is -0.137. The number of pyridine rings is 1. The van der Waals surface area contributed by atoms with Gasteiger partial charge in [0.15, 0.2) is 0 Å². The van der Waals surface area contributed by atoms with Crippen molar-refractivity contribution in [3.05, 3.63) is 71.0 Å². The molecule has 1 aliphatic rings. The van der Waals surface area contributed by atoms with Crippen molar-refractivity contribution in [3.8, 4) is 11.5 Å². The van der Waals surface area contributed by atoms with Crippen molar-refractivity contribution in [1.82, 2.24) is 24.8 Å². The lowest BCUT2D eigenvalue weighted by Crippen LogP contribution is -2.32. The first kappa shape index (κ1) is 27.7. The van der Waals surface area contributed by atoms with E-state index in [1.807, 2.05) is 0 Å². The number of benzene rings is 2. The van der Waals surface area contributed by atoms with Gasteiger partial charge in [0.05, 0.1) is 21.6 Å². The minimum absolute atomic E-state index is 0.199. The van der Waals surface area contributed by atoms with Crippen LogP contribution in [0.2, 0.25) is 5.02 Å². The van der Waals surface area contributed by atoms with Crippen LogP contribution in [0.5, 0.6) is 11.5 Å². The molecule has 4 aromatic rings. The van der Waals surface area contributed by atoms with Gasteiger partial charge in [-0.25, -0.2) is 4.98 Å². The van der Waals surface area contributed by atoms with Gasteiger partial charge in [-0.05, 0) is 69.3 Å². The van der Waals surface area contributed by atoms with Gasteiger partial charge < -0.3 is 24.8 Å². The van der Waals surface area contributed by atoms with E-state index in [0.717, 1.165) is 31.0 Å². The van der Waals surface area contributed by atoms with Crippen LogP contribution in [0.25, 0.3) is 11.0 Å². The quantitative estimate of drug-likeness (QED) is 0.254. The Morgan fingerprint density at radius 2 is 1.93 bits per heavy atom. The number of fused-ring (bicyclic) bond motifs is 1. The SMILES string of the molecule is CN1CCCC1CCNC(=O)c1cc(Oc2ccc3c(c2)nc(Nc2ccc(Cl)c(C(F)(F)F)c2)n3C)ccn1. The summed E-state index contributed by atoms with van der Waals surface area (Å²) in [6, 6.07) is 12.6. The number of rotatable bonds is 8. The van der Waals surface area contributed by atoms with E-state index in [4.69, 9.17) is 16.3 Å². The van der Waals surface area contributed by atoms with Gasteiger partial charge >= 0.3 is 6.18 Å². The molecule has 0 radical (unpaired) electrons. The third-order valence-corrected chi connectivity index (χ3v) is 7.34. The molecule has 8 nitrogen and oxygen atoms in total. The van der Waals surface area contributed by atoms with Crippen LogP contribution < -0.4 is 15.4 Å². The first-order chi connectivity index (χ1) is 19.1. The molecular weight excluding hydrogens is 545 g/mol. The van der Waals surface area contributed by atoms with Crippen LogP contribution in [-0.4, -0.2) is 51.5 Å². The van der Waals surface area contributed by atoms with Gasteiger partial charge in [0.25, 0.3) is 5.91 Å². The van der Waals surface area contributed by atoms with E-state index >= 15 is 0 Å². The molecule has 12 heteroatoms. The Kier molecular flexibility index (Phi) is 7.86. The number of hydrogen-bond acceptors (Lipinski definition) is 6. The summed E-state index contributed by atoms with van der Waals surface area (Å²) in [6.07, 6.45) is 0.154. The minimum atomic E-state index is -4.58. The Morgan fingerprint density at radius 3 is 2.67 bits per heavy atom. The fourth-order valence-corrected chi connectivity index (χ4v) is 5.05. The number of nitrogens with zero attached hydrogens (tertiary/aromatic N) is 4. The second-order valence-electron chi connectivity index (χ2n) is 9.76. The number of alkyl halides is 3. The number of ether oxygens (including phenoxy) is 1. The molecule has 40 heavy (non-hydrogen) atoms. The van der Waals surface area contributed by atoms with Gasteiger partial charge in [0.2, 0.25) is 5.95 Å². The highest BCUT2D eigenvalue weighted by Gasteiger charge is 2.33. The maximum atomic E-state index is 13.3. The number of nitrogens with one attached hydrogen (secondary N) is 2. The number of anilines is 2. The number of aromatic nitrogens is 3. The molecule has 1 amide bonds. The average Bonchev–Trinajstić information content (AvgIpc) is 3.46. The van der Waals surface area contributed by atoms with Crippen molar-refractivity contribution in [2.75, 3.05) is 25.5 Å². The highest BCUT2D eigenvalue weighted by atomic mass is 35.5. The standard InChI is InChI=1S/C28H28ClF3N6O2/c1-37-13-3-4-18(37)9-11-34-26(39)24-16-20(10-12-33-24)40-19-6-8-25-23(15-19)36-27(38(25)2)35-17-5-7-22(29)21(14-17)28(30,31)32/h5-8,10,12,14-16,18H,3-4,9,11,13H2,1-2H3,(H,34,39)(H,35,36). The van der Waals surface area contributed by atoms with E-state index < -0.39 is 11.7 Å². The molecule has 3 heterocycles. The van der Waals surface area contributed by atoms with Crippen molar-refractivity contribution in [2.24, 2.45) is 7.05 Å². The predicted octanol–water partition coefficient (Wildman–Crippen LogP) is 6.39. The Hall–Kier alpha value is -3.83. The second-order valence-corrected chi connectivity index (χ2v) is 10.2. The number of hydrogen-bond donors (Lipinski definition) is 2. The zero-order valence-corrected chi connectivity index (χ0v) is 22.7. The number of imidazole rings is 1. The molecule has 1 fully saturated rings. The Labute approximate surface area is 234 Å². The Morgan fingerprint density at radius 1 is 1.12 bits per heavy atom. The van der Waals surface area contributed by atoms with Crippen molar-refractivity contribution < 1.29 is 22.7 Å².